The number of halogens is 1. The van der Waals surface area contributed by atoms with E-state index in [9.17, 15) is 29.1 Å². The number of hydrogen-bond donors (Lipinski definition) is 1. The van der Waals surface area contributed by atoms with Gasteiger partial charge in [0.15, 0.2) is 18.3 Å². The minimum absolute atomic E-state index is 0.128. The molecule has 1 heterocycles. The molecule has 39 heavy (non-hydrogen) atoms. The van der Waals surface area contributed by atoms with Gasteiger partial charge in [0.1, 0.15) is 24.9 Å². The molecule has 0 saturated carbocycles. The van der Waals surface area contributed by atoms with E-state index in [2.05, 4.69) is 10.0 Å². The lowest BCUT2D eigenvalue weighted by molar-refractivity contribution is -0.256. The van der Waals surface area contributed by atoms with Crippen molar-refractivity contribution in [3.63, 3.8) is 0 Å². The van der Waals surface area contributed by atoms with E-state index in [1.165, 1.54) is 6.08 Å². The molecule has 15 nitrogen and oxygen atoms in total. The Kier molecular flexibility index (Phi) is 11.5. The third-order valence-electron chi connectivity index (χ3n) is 5.86. The van der Waals surface area contributed by atoms with Crippen LogP contribution in [-0.2, 0) is 52.4 Å². The van der Waals surface area contributed by atoms with Crippen molar-refractivity contribution in [2.24, 2.45) is 11.0 Å². The number of esters is 5. The average Bonchev–Trinajstić information content (AvgIpc) is 2.80. The number of nitrogens with zero attached hydrogens (tertiary/aromatic N) is 3. The third kappa shape index (κ3) is 8.82. The van der Waals surface area contributed by atoms with Gasteiger partial charge >= 0.3 is 29.8 Å². The first kappa shape index (κ1) is 31.8. The summed E-state index contributed by atoms with van der Waals surface area (Å²) in [7, 11) is 0. The summed E-state index contributed by atoms with van der Waals surface area (Å²) in [5, 5.41) is 14.2. The number of azide groups is 1. The Morgan fingerprint density at radius 3 is 1.85 bits per heavy atom. The molecule has 2 aliphatic rings. The molecule has 1 fully saturated rings. The van der Waals surface area contributed by atoms with Crippen LogP contribution >= 0.6 is 11.6 Å². The molecule has 0 amide bonds. The molecule has 16 heteroatoms. The van der Waals surface area contributed by atoms with Gasteiger partial charge in [0.05, 0.1) is 12.1 Å². The molecule has 1 N–H and O–H groups in total. The molecular formula is C23H30ClN3O12. The first-order chi connectivity index (χ1) is 18.2. The van der Waals surface area contributed by atoms with Gasteiger partial charge in [0.2, 0.25) is 0 Å². The van der Waals surface area contributed by atoms with Crippen molar-refractivity contribution in [2.75, 3.05) is 6.61 Å². The van der Waals surface area contributed by atoms with Crippen LogP contribution in [0.25, 0.3) is 10.4 Å². The summed E-state index contributed by atoms with van der Waals surface area (Å²) < 4.78 is 32.7. The fourth-order valence-electron chi connectivity index (χ4n) is 4.54. The van der Waals surface area contributed by atoms with E-state index in [1.54, 1.807) is 0 Å². The molecule has 0 bridgehead atoms. The molecule has 216 valence electrons. The molecule has 1 aliphatic carbocycles. The summed E-state index contributed by atoms with van der Waals surface area (Å²) in [6.45, 7) is 5.06. The number of aliphatic hydroxyl groups excluding tert-OH is 1. The summed E-state index contributed by atoms with van der Waals surface area (Å²) >= 11 is 6.10. The van der Waals surface area contributed by atoms with E-state index >= 15 is 0 Å². The van der Waals surface area contributed by atoms with E-state index in [0.29, 0.717) is 0 Å². The molecule has 0 radical (unpaired) electrons. The van der Waals surface area contributed by atoms with Gasteiger partial charge in [0, 0.05) is 50.5 Å². The van der Waals surface area contributed by atoms with Gasteiger partial charge in [-0.05, 0) is 12.0 Å². The maximum Gasteiger partial charge on any atom is 0.303 e. The predicted octanol–water partition coefficient (Wildman–Crippen LogP) is 1.23. The van der Waals surface area contributed by atoms with Crippen LogP contribution in [0.5, 0.6) is 0 Å². The molecule has 0 aromatic heterocycles. The topological polar surface area (TPSA) is 210 Å². The van der Waals surface area contributed by atoms with Crippen LogP contribution in [0.1, 0.15) is 41.0 Å². The van der Waals surface area contributed by atoms with Crippen LogP contribution in [0.15, 0.2) is 16.2 Å². The normalized spacial score (nSPS) is 32.0. The number of rotatable bonds is 9. The Bertz CT molecular complexity index is 1050. The maximum atomic E-state index is 12.1. The van der Waals surface area contributed by atoms with Gasteiger partial charge in [-0.15, -0.1) is 0 Å². The first-order valence-corrected chi connectivity index (χ1v) is 12.2. The first-order valence-electron chi connectivity index (χ1n) is 11.8. The van der Waals surface area contributed by atoms with Gasteiger partial charge in [-0.2, -0.15) is 0 Å². The Morgan fingerprint density at radius 1 is 0.872 bits per heavy atom. The van der Waals surface area contributed by atoms with E-state index < -0.39 is 91.1 Å². The second kappa shape index (κ2) is 14.1. The standard InChI is InChI=1S/C23H30ClN3O12/c1-9(28)34-8-18-22(37-12(4)31)23(38-13(5)32)21(36-11(3)30)17(39-18)6-14-16(26-27-25)7-15(24)19(33)20(14)35-10(2)29/h7,14,16-23,33H,6,8H2,1-5H3/t14-,16-,17-,18-,19-,20-,21-,22-,23-/m1/s1. The van der Waals surface area contributed by atoms with Crippen LogP contribution in [0.3, 0.4) is 0 Å². The Balaban J connectivity index is 2.61. The molecule has 0 unspecified atom stereocenters. The lowest BCUT2D eigenvalue weighted by Crippen LogP contribution is -2.63. The molecule has 9 atom stereocenters. The molecule has 1 saturated heterocycles. The zero-order valence-corrected chi connectivity index (χ0v) is 22.6. The minimum atomic E-state index is -1.49. The summed E-state index contributed by atoms with van der Waals surface area (Å²) in [5.41, 5.74) is 9.12. The lowest BCUT2D eigenvalue weighted by atomic mass is 9.79. The number of carbonyl (C=O) groups excluding carboxylic acids is 5. The molecule has 1 aliphatic heterocycles. The second-order valence-electron chi connectivity index (χ2n) is 8.90. The smallest absolute Gasteiger partial charge is 0.303 e. The highest BCUT2D eigenvalue weighted by Crippen LogP contribution is 2.39. The van der Waals surface area contributed by atoms with Crippen LogP contribution in [-0.4, -0.2) is 90.3 Å². The zero-order valence-electron chi connectivity index (χ0n) is 21.8. The number of hydrogen-bond acceptors (Lipinski definition) is 13. The van der Waals surface area contributed by atoms with E-state index in [1.807, 2.05) is 0 Å². The average molecular weight is 576 g/mol. The summed E-state index contributed by atoms with van der Waals surface area (Å²) in [6.07, 6.45) is -8.35. The third-order valence-corrected chi connectivity index (χ3v) is 6.21. The molecular weight excluding hydrogens is 546 g/mol. The minimum Gasteiger partial charge on any atom is -0.463 e. The second-order valence-corrected chi connectivity index (χ2v) is 9.34. The van der Waals surface area contributed by atoms with Gasteiger partial charge in [-0.1, -0.05) is 22.8 Å². The largest absolute Gasteiger partial charge is 0.463 e. The van der Waals surface area contributed by atoms with E-state index in [4.69, 9.17) is 45.6 Å². The SMILES string of the molecule is CC(=O)OC[C@H]1O[C@H](C[C@H]2[C@@H](OC(C)=O)[C@H](O)C(Cl)=C[C@H]2N=[N+]=[N-])[C@@H](OC(C)=O)[C@@H](OC(C)=O)[C@@H]1OC(C)=O. The van der Waals surface area contributed by atoms with Crippen molar-refractivity contribution in [3.8, 4) is 0 Å². The Morgan fingerprint density at radius 2 is 1.36 bits per heavy atom. The maximum absolute atomic E-state index is 12.1. The zero-order chi connectivity index (χ0) is 29.4. The Labute approximate surface area is 228 Å². The van der Waals surface area contributed by atoms with Crippen molar-refractivity contribution >= 4 is 41.4 Å². The van der Waals surface area contributed by atoms with E-state index in [0.717, 1.165) is 34.6 Å². The van der Waals surface area contributed by atoms with Crippen LogP contribution in [0, 0.1) is 5.92 Å². The molecule has 2 rings (SSSR count). The highest BCUT2D eigenvalue weighted by Gasteiger charge is 2.54. The highest BCUT2D eigenvalue weighted by atomic mass is 35.5. The van der Waals surface area contributed by atoms with Crippen molar-refractivity contribution < 1.29 is 57.5 Å². The van der Waals surface area contributed by atoms with Gasteiger partial charge in [-0.3, -0.25) is 24.0 Å². The van der Waals surface area contributed by atoms with Crippen LogP contribution in [0.4, 0.5) is 0 Å². The summed E-state index contributed by atoms with van der Waals surface area (Å²) in [4.78, 5) is 62.2. The van der Waals surface area contributed by atoms with Gasteiger partial charge < -0.3 is 33.5 Å². The fourth-order valence-corrected chi connectivity index (χ4v) is 4.80. The van der Waals surface area contributed by atoms with Crippen LogP contribution in [0.2, 0.25) is 0 Å². The highest BCUT2D eigenvalue weighted by molar-refractivity contribution is 6.30. The molecule has 0 spiro atoms. The monoisotopic (exact) mass is 575 g/mol. The van der Waals surface area contributed by atoms with Gasteiger partial charge in [0.25, 0.3) is 0 Å². The Hall–Kier alpha value is -3.39. The summed E-state index contributed by atoms with van der Waals surface area (Å²) in [6, 6.07) is -1.05. The van der Waals surface area contributed by atoms with E-state index in [-0.39, 0.29) is 11.5 Å². The van der Waals surface area contributed by atoms with Crippen molar-refractivity contribution in [1.82, 2.24) is 0 Å². The molecule has 0 aromatic carbocycles. The van der Waals surface area contributed by atoms with Crippen molar-refractivity contribution in [1.29, 1.82) is 0 Å². The fraction of sp³-hybridized carbons (Fsp3) is 0.696. The summed E-state index contributed by atoms with van der Waals surface area (Å²) in [5.74, 6) is -4.84. The van der Waals surface area contributed by atoms with Crippen molar-refractivity contribution in [3.05, 3.63) is 21.6 Å². The number of ether oxygens (including phenoxy) is 6. The van der Waals surface area contributed by atoms with Crippen LogP contribution < -0.4 is 0 Å². The lowest BCUT2D eigenvalue weighted by Gasteiger charge is -2.46. The number of aliphatic hydroxyl groups is 1. The quantitative estimate of drug-likeness (QED) is 0.135. The number of carbonyl (C=O) groups is 5. The predicted molar refractivity (Wildman–Crippen MR) is 128 cm³/mol. The molecule has 0 aromatic rings. The van der Waals surface area contributed by atoms with Gasteiger partial charge in [-0.25, -0.2) is 0 Å². The van der Waals surface area contributed by atoms with Crippen molar-refractivity contribution in [2.45, 2.75) is 89.8 Å².